The van der Waals surface area contributed by atoms with Gasteiger partial charge in [0.1, 0.15) is 0 Å². The minimum Gasteiger partial charge on any atom is -0.493 e. The van der Waals surface area contributed by atoms with Gasteiger partial charge in [-0.2, -0.15) is 4.68 Å². The zero-order chi connectivity index (χ0) is 17.8. The summed E-state index contributed by atoms with van der Waals surface area (Å²) in [5, 5.41) is 4.87. The molecule has 0 bridgehead atoms. The van der Waals surface area contributed by atoms with Crippen LogP contribution in [0.1, 0.15) is 17.5 Å². The van der Waals surface area contributed by atoms with E-state index in [4.69, 9.17) is 13.9 Å². The number of benzene rings is 1. The van der Waals surface area contributed by atoms with E-state index < -0.39 is 0 Å². The van der Waals surface area contributed by atoms with Gasteiger partial charge in [-0.3, -0.25) is 4.79 Å². The van der Waals surface area contributed by atoms with E-state index in [1.807, 2.05) is 13.0 Å². The molecule has 0 aliphatic heterocycles. The van der Waals surface area contributed by atoms with Crippen LogP contribution in [0.3, 0.4) is 0 Å². The fourth-order valence-corrected chi connectivity index (χ4v) is 2.91. The van der Waals surface area contributed by atoms with Gasteiger partial charge in [-0.05, 0) is 36.1 Å². The second kappa shape index (κ2) is 7.43. The average molecular weight is 359 g/mol. The van der Waals surface area contributed by atoms with Crippen LogP contribution >= 0.6 is 11.8 Å². The van der Waals surface area contributed by atoms with E-state index in [9.17, 15) is 4.79 Å². The highest BCUT2D eigenvalue weighted by molar-refractivity contribution is 7.99. The molecule has 2 aromatic heterocycles. The molecule has 0 unspecified atom stereocenters. The van der Waals surface area contributed by atoms with Crippen molar-refractivity contribution in [3.8, 4) is 22.9 Å². The first-order valence-electron chi connectivity index (χ1n) is 7.58. The van der Waals surface area contributed by atoms with Crippen molar-refractivity contribution < 1.29 is 18.7 Å². The molecule has 0 aliphatic rings. The number of rotatable bonds is 6. The van der Waals surface area contributed by atoms with E-state index in [1.165, 1.54) is 22.7 Å². The Morgan fingerprint density at radius 1 is 1.24 bits per heavy atom. The van der Waals surface area contributed by atoms with Gasteiger partial charge >= 0.3 is 5.91 Å². The quantitative estimate of drug-likeness (QED) is 0.624. The lowest BCUT2D eigenvalue weighted by Gasteiger charge is -2.07. The lowest BCUT2D eigenvalue weighted by atomic mass is 10.2. The topological polar surface area (TPSA) is 79.4 Å². The molecule has 0 saturated carbocycles. The van der Waals surface area contributed by atoms with Gasteiger partial charge in [0, 0.05) is 5.56 Å². The van der Waals surface area contributed by atoms with E-state index >= 15 is 0 Å². The van der Waals surface area contributed by atoms with Crippen LogP contribution in [0.4, 0.5) is 0 Å². The van der Waals surface area contributed by atoms with Gasteiger partial charge in [-0.1, -0.05) is 18.7 Å². The van der Waals surface area contributed by atoms with Gasteiger partial charge in [0.2, 0.25) is 0 Å². The molecule has 2 heterocycles. The first kappa shape index (κ1) is 17.1. The van der Waals surface area contributed by atoms with Crippen molar-refractivity contribution in [2.75, 3.05) is 20.0 Å². The molecule has 0 atom stereocenters. The maximum Gasteiger partial charge on any atom is 0.316 e. The zero-order valence-electron chi connectivity index (χ0n) is 14.1. The summed E-state index contributed by atoms with van der Waals surface area (Å²) in [6.45, 7) is 1.98. The van der Waals surface area contributed by atoms with Crippen molar-refractivity contribution >= 4 is 17.7 Å². The standard InChI is InChI=1S/C17H17N3O4S/c1-4-25-17-18-15(11-7-8-12(22-2)14(10-11)23-3)19-20(17)16(21)13-6-5-9-24-13/h5-10H,4H2,1-3H3. The third kappa shape index (κ3) is 3.39. The monoisotopic (exact) mass is 359 g/mol. The van der Waals surface area contributed by atoms with Crippen LogP contribution in [-0.4, -0.2) is 40.6 Å². The predicted octanol–water partition coefficient (Wildman–Crippen LogP) is 3.36. The number of furan rings is 1. The van der Waals surface area contributed by atoms with Gasteiger partial charge in [-0.25, -0.2) is 4.98 Å². The predicted molar refractivity (Wildman–Crippen MR) is 93.4 cm³/mol. The molecule has 0 amide bonds. The molecule has 3 aromatic rings. The number of aromatic nitrogens is 3. The van der Waals surface area contributed by atoms with E-state index in [2.05, 4.69) is 10.1 Å². The van der Waals surface area contributed by atoms with Crippen LogP contribution in [0.15, 0.2) is 46.2 Å². The number of hydrogen-bond donors (Lipinski definition) is 0. The molecule has 3 rings (SSSR count). The van der Waals surface area contributed by atoms with Crippen LogP contribution in [0.5, 0.6) is 11.5 Å². The lowest BCUT2D eigenvalue weighted by Crippen LogP contribution is -2.14. The summed E-state index contributed by atoms with van der Waals surface area (Å²) in [6, 6.07) is 8.62. The molecular weight excluding hydrogens is 342 g/mol. The van der Waals surface area contributed by atoms with Crippen molar-refractivity contribution in [1.29, 1.82) is 0 Å². The summed E-state index contributed by atoms with van der Waals surface area (Å²) in [5.41, 5.74) is 0.724. The number of thioether (sulfide) groups is 1. The maximum atomic E-state index is 12.6. The highest BCUT2D eigenvalue weighted by Crippen LogP contribution is 2.32. The second-order valence-corrected chi connectivity index (χ2v) is 6.15. The number of carbonyl (C=O) groups is 1. The summed E-state index contributed by atoms with van der Waals surface area (Å²) in [4.78, 5) is 17.1. The third-order valence-corrected chi connectivity index (χ3v) is 4.23. The summed E-state index contributed by atoms with van der Waals surface area (Å²) in [6.07, 6.45) is 1.45. The number of methoxy groups -OCH3 is 2. The van der Waals surface area contributed by atoms with Gasteiger partial charge in [0.15, 0.2) is 28.2 Å². The first-order chi connectivity index (χ1) is 12.2. The summed E-state index contributed by atoms with van der Waals surface area (Å²) in [5.74, 6) is 2.22. The van der Waals surface area contributed by atoms with Gasteiger partial charge < -0.3 is 13.9 Å². The normalized spacial score (nSPS) is 10.7. The fourth-order valence-electron chi connectivity index (χ4n) is 2.25. The first-order valence-corrected chi connectivity index (χ1v) is 8.57. The molecular formula is C17H17N3O4S. The Morgan fingerprint density at radius 3 is 2.68 bits per heavy atom. The van der Waals surface area contributed by atoms with Crippen molar-refractivity contribution in [3.63, 3.8) is 0 Å². The third-order valence-electron chi connectivity index (χ3n) is 3.42. The summed E-state index contributed by atoms with van der Waals surface area (Å²) >= 11 is 1.43. The molecule has 0 radical (unpaired) electrons. The minimum absolute atomic E-state index is 0.210. The molecule has 0 spiro atoms. The van der Waals surface area contributed by atoms with Crippen LogP contribution < -0.4 is 9.47 Å². The Morgan fingerprint density at radius 2 is 2.04 bits per heavy atom. The van der Waals surface area contributed by atoms with Crippen molar-refractivity contribution in [2.45, 2.75) is 12.1 Å². The summed E-state index contributed by atoms with van der Waals surface area (Å²) in [7, 11) is 3.13. The average Bonchev–Trinajstić information content (AvgIpc) is 3.31. The Labute approximate surface area is 149 Å². The smallest absolute Gasteiger partial charge is 0.316 e. The number of carbonyl (C=O) groups excluding carboxylic acids is 1. The molecule has 8 heteroatoms. The molecule has 0 fully saturated rings. The van der Waals surface area contributed by atoms with E-state index in [0.717, 1.165) is 11.3 Å². The number of hydrogen-bond acceptors (Lipinski definition) is 7. The van der Waals surface area contributed by atoms with Crippen molar-refractivity contribution in [2.24, 2.45) is 0 Å². The Kier molecular flexibility index (Phi) is 5.08. The largest absolute Gasteiger partial charge is 0.493 e. The maximum absolute atomic E-state index is 12.6. The molecule has 1 aromatic carbocycles. The Bertz CT molecular complexity index is 874. The summed E-state index contributed by atoms with van der Waals surface area (Å²) < 4.78 is 17.0. The molecule has 25 heavy (non-hydrogen) atoms. The number of nitrogens with zero attached hydrogens (tertiary/aromatic N) is 3. The Balaban J connectivity index is 2.03. The minimum atomic E-state index is -0.361. The molecule has 130 valence electrons. The molecule has 0 aliphatic carbocycles. The molecule has 0 N–H and O–H groups in total. The van der Waals surface area contributed by atoms with E-state index in [-0.39, 0.29) is 11.7 Å². The van der Waals surface area contributed by atoms with Gasteiger partial charge in [0.05, 0.1) is 20.5 Å². The molecule has 7 nitrogen and oxygen atoms in total. The Hall–Kier alpha value is -2.74. The highest BCUT2D eigenvalue weighted by Gasteiger charge is 2.21. The second-order valence-electron chi connectivity index (χ2n) is 4.92. The zero-order valence-corrected chi connectivity index (χ0v) is 14.9. The van der Waals surface area contributed by atoms with Gasteiger partial charge in [-0.15, -0.1) is 5.10 Å². The van der Waals surface area contributed by atoms with E-state index in [0.29, 0.717) is 22.5 Å². The van der Waals surface area contributed by atoms with Crippen LogP contribution in [0.25, 0.3) is 11.4 Å². The molecule has 0 saturated heterocycles. The van der Waals surface area contributed by atoms with Crippen LogP contribution in [-0.2, 0) is 0 Å². The SMILES string of the molecule is CCSc1nc(-c2ccc(OC)c(OC)c2)nn1C(=O)c1ccco1. The highest BCUT2D eigenvalue weighted by atomic mass is 32.2. The number of ether oxygens (including phenoxy) is 2. The van der Waals surface area contributed by atoms with Crippen molar-refractivity contribution in [3.05, 3.63) is 42.4 Å². The van der Waals surface area contributed by atoms with E-state index in [1.54, 1.807) is 38.5 Å². The van der Waals surface area contributed by atoms with Crippen molar-refractivity contribution in [1.82, 2.24) is 14.8 Å². The van der Waals surface area contributed by atoms with Gasteiger partial charge in [0.25, 0.3) is 0 Å². The lowest BCUT2D eigenvalue weighted by molar-refractivity contribution is 0.0905. The van der Waals surface area contributed by atoms with Crippen LogP contribution in [0.2, 0.25) is 0 Å². The van der Waals surface area contributed by atoms with Crippen LogP contribution in [0, 0.1) is 0 Å². The fraction of sp³-hybridized carbons (Fsp3) is 0.235.